The summed E-state index contributed by atoms with van der Waals surface area (Å²) in [5.74, 6) is 2.57. The van der Waals surface area contributed by atoms with Gasteiger partial charge in [0.05, 0.1) is 0 Å². The molecule has 0 atom stereocenters. The van der Waals surface area contributed by atoms with Crippen LogP contribution in [0.25, 0.3) is 5.82 Å². The molecule has 0 radical (unpaired) electrons. The van der Waals surface area contributed by atoms with Gasteiger partial charge in [0.25, 0.3) is 0 Å². The molecule has 0 amide bonds. The smallest absolute Gasteiger partial charge is 0.162 e. The SMILES string of the molecule is CCCc1nc(NC)c(C)c(-n2cccn2)n1. The van der Waals surface area contributed by atoms with Crippen LogP contribution in [0.1, 0.15) is 24.7 Å². The monoisotopic (exact) mass is 231 g/mol. The van der Waals surface area contributed by atoms with Crippen LogP contribution in [-0.4, -0.2) is 26.8 Å². The molecule has 0 fully saturated rings. The van der Waals surface area contributed by atoms with Gasteiger partial charge in [-0.05, 0) is 19.4 Å². The number of hydrogen-bond donors (Lipinski definition) is 1. The quantitative estimate of drug-likeness (QED) is 0.874. The lowest BCUT2D eigenvalue weighted by Crippen LogP contribution is -2.09. The molecular formula is C12H17N5. The Labute approximate surface area is 101 Å². The average molecular weight is 231 g/mol. The largest absolute Gasteiger partial charge is 0.373 e. The van der Waals surface area contributed by atoms with Gasteiger partial charge in [-0.25, -0.2) is 14.6 Å². The van der Waals surface area contributed by atoms with Crippen molar-refractivity contribution in [2.24, 2.45) is 0 Å². The van der Waals surface area contributed by atoms with E-state index in [0.29, 0.717) is 0 Å². The number of aromatic nitrogens is 4. The van der Waals surface area contributed by atoms with Gasteiger partial charge in [-0.15, -0.1) is 0 Å². The zero-order chi connectivity index (χ0) is 12.3. The van der Waals surface area contributed by atoms with E-state index in [2.05, 4.69) is 27.3 Å². The van der Waals surface area contributed by atoms with Crippen LogP contribution in [0.2, 0.25) is 0 Å². The summed E-state index contributed by atoms with van der Waals surface area (Å²) in [7, 11) is 1.87. The lowest BCUT2D eigenvalue weighted by atomic mass is 10.2. The Morgan fingerprint density at radius 3 is 2.76 bits per heavy atom. The van der Waals surface area contributed by atoms with Gasteiger partial charge in [0.1, 0.15) is 11.6 Å². The van der Waals surface area contributed by atoms with E-state index in [0.717, 1.165) is 35.9 Å². The van der Waals surface area contributed by atoms with Crippen molar-refractivity contribution in [1.82, 2.24) is 19.7 Å². The average Bonchev–Trinajstić information content (AvgIpc) is 2.85. The van der Waals surface area contributed by atoms with Gasteiger partial charge in [0.15, 0.2) is 5.82 Å². The summed E-state index contributed by atoms with van der Waals surface area (Å²) in [6, 6.07) is 1.89. The highest BCUT2D eigenvalue weighted by atomic mass is 15.3. The van der Waals surface area contributed by atoms with Crippen LogP contribution in [0.4, 0.5) is 5.82 Å². The highest BCUT2D eigenvalue weighted by molar-refractivity contribution is 5.50. The number of nitrogens with one attached hydrogen (secondary N) is 1. The lowest BCUT2D eigenvalue weighted by Gasteiger charge is -2.11. The summed E-state index contributed by atoms with van der Waals surface area (Å²) in [6.07, 6.45) is 5.55. The molecule has 2 aromatic rings. The van der Waals surface area contributed by atoms with Gasteiger partial charge in [-0.1, -0.05) is 6.92 Å². The maximum absolute atomic E-state index is 4.56. The Balaban J connectivity index is 2.53. The molecule has 0 bridgehead atoms. The molecule has 5 heteroatoms. The zero-order valence-corrected chi connectivity index (χ0v) is 10.4. The topological polar surface area (TPSA) is 55.6 Å². The van der Waals surface area contributed by atoms with Crippen LogP contribution < -0.4 is 5.32 Å². The van der Waals surface area contributed by atoms with E-state index in [1.807, 2.05) is 26.2 Å². The van der Waals surface area contributed by atoms with Gasteiger partial charge in [-0.2, -0.15) is 5.10 Å². The minimum Gasteiger partial charge on any atom is -0.373 e. The number of anilines is 1. The van der Waals surface area contributed by atoms with E-state index >= 15 is 0 Å². The summed E-state index contributed by atoms with van der Waals surface area (Å²) in [5.41, 5.74) is 1.01. The predicted molar refractivity (Wildman–Crippen MR) is 67.4 cm³/mol. The molecule has 0 aliphatic carbocycles. The number of rotatable bonds is 4. The van der Waals surface area contributed by atoms with Crippen LogP contribution in [0, 0.1) is 6.92 Å². The van der Waals surface area contributed by atoms with Crippen LogP contribution in [0.3, 0.4) is 0 Å². The summed E-state index contributed by atoms with van der Waals surface area (Å²) < 4.78 is 1.77. The minimum atomic E-state index is 0.845. The van der Waals surface area contributed by atoms with E-state index in [4.69, 9.17) is 0 Å². The number of hydrogen-bond acceptors (Lipinski definition) is 4. The van der Waals surface area contributed by atoms with Crippen molar-refractivity contribution in [2.45, 2.75) is 26.7 Å². The van der Waals surface area contributed by atoms with Gasteiger partial charge in [0.2, 0.25) is 0 Å². The van der Waals surface area contributed by atoms with E-state index in [9.17, 15) is 0 Å². The van der Waals surface area contributed by atoms with Gasteiger partial charge in [0, 0.05) is 31.4 Å². The lowest BCUT2D eigenvalue weighted by molar-refractivity contribution is 0.778. The third kappa shape index (κ3) is 2.27. The van der Waals surface area contributed by atoms with Crippen molar-refractivity contribution in [2.75, 3.05) is 12.4 Å². The van der Waals surface area contributed by atoms with Crippen LogP contribution in [0.5, 0.6) is 0 Å². The first-order valence-corrected chi connectivity index (χ1v) is 5.81. The molecule has 2 aromatic heterocycles. The van der Waals surface area contributed by atoms with Crippen molar-refractivity contribution < 1.29 is 0 Å². The normalized spacial score (nSPS) is 10.5. The molecule has 0 aromatic carbocycles. The first-order chi connectivity index (χ1) is 8.26. The van der Waals surface area contributed by atoms with Gasteiger partial charge >= 0.3 is 0 Å². The molecule has 1 N–H and O–H groups in total. The molecule has 0 saturated carbocycles. The third-order valence-electron chi connectivity index (χ3n) is 2.60. The minimum absolute atomic E-state index is 0.845. The van der Waals surface area contributed by atoms with E-state index in [1.54, 1.807) is 10.9 Å². The van der Waals surface area contributed by atoms with E-state index in [1.165, 1.54) is 0 Å². The summed E-state index contributed by atoms with van der Waals surface area (Å²) in [4.78, 5) is 9.05. The molecule has 2 heterocycles. The van der Waals surface area contributed by atoms with Crippen molar-refractivity contribution in [3.63, 3.8) is 0 Å². The molecule has 0 unspecified atom stereocenters. The number of aryl methyl sites for hydroxylation is 1. The van der Waals surface area contributed by atoms with Crippen LogP contribution in [0.15, 0.2) is 18.5 Å². The molecule has 0 aliphatic rings. The molecule has 0 aliphatic heterocycles. The Morgan fingerprint density at radius 2 is 2.18 bits per heavy atom. The van der Waals surface area contributed by atoms with Crippen LogP contribution in [-0.2, 0) is 6.42 Å². The van der Waals surface area contributed by atoms with Crippen molar-refractivity contribution in [3.8, 4) is 5.82 Å². The highest BCUT2D eigenvalue weighted by Crippen LogP contribution is 2.18. The maximum atomic E-state index is 4.56. The molecule has 0 spiro atoms. The molecule has 17 heavy (non-hydrogen) atoms. The van der Waals surface area contributed by atoms with Crippen molar-refractivity contribution in [1.29, 1.82) is 0 Å². The van der Waals surface area contributed by atoms with Gasteiger partial charge < -0.3 is 5.32 Å². The first-order valence-electron chi connectivity index (χ1n) is 5.81. The van der Waals surface area contributed by atoms with E-state index in [-0.39, 0.29) is 0 Å². The second-order valence-corrected chi connectivity index (χ2v) is 3.89. The Bertz CT molecular complexity index is 490. The fourth-order valence-corrected chi connectivity index (χ4v) is 1.75. The third-order valence-corrected chi connectivity index (χ3v) is 2.60. The fourth-order valence-electron chi connectivity index (χ4n) is 1.75. The molecule has 5 nitrogen and oxygen atoms in total. The standard InChI is InChI=1S/C12H17N5/c1-4-6-10-15-11(13-3)9(2)12(16-10)17-8-5-7-14-17/h5,7-8H,4,6H2,1-3H3,(H,13,15,16). The number of nitrogens with zero attached hydrogens (tertiary/aromatic N) is 4. The molecule has 90 valence electrons. The first kappa shape index (κ1) is 11.6. The van der Waals surface area contributed by atoms with E-state index < -0.39 is 0 Å². The Kier molecular flexibility index (Phi) is 3.37. The molecule has 2 rings (SSSR count). The second kappa shape index (κ2) is 4.95. The second-order valence-electron chi connectivity index (χ2n) is 3.89. The maximum Gasteiger partial charge on any atom is 0.162 e. The zero-order valence-electron chi connectivity index (χ0n) is 10.4. The fraction of sp³-hybridized carbons (Fsp3) is 0.417. The summed E-state index contributed by atoms with van der Waals surface area (Å²) in [6.45, 7) is 4.12. The molecular weight excluding hydrogens is 214 g/mol. The Hall–Kier alpha value is -1.91. The van der Waals surface area contributed by atoms with Gasteiger partial charge in [-0.3, -0.25) is 0 Å². The highest BCUT2D eigenvalue weighted by Gasteiger charge is 2.11. The summed E-state index contributed by atoms with van der Waals surface area (Å²) >= 11 is 0. The molecule has 0 saturated heterocycles. The Morgan fingerprint density at radius 1 is 1.35 bits per heavy atom. The van der Waals surface area contributed by atoms with Crippen LogP contribution >= 0.6 is 0 Å². The van der Waals surface area contributed by atoms with Crippen molar-refractivity contribution >= 4 is 5.82 Å². The van der Waals surface area contributed by atoms with Crippen molar-refractivity contribution in [3.05, 3.63) is 29.8 Å². The predicted octanol–water partition coefficient (Wildman–Crippen LogP) is 1.96. The summed E-state index contributed by atoms with van der Waals surface area (Å²) in [5, 5.41) is 7.33.